The van der Waals surface area contributed by atoms with E-state index in [-0.39, 0.29) is 23.2 Å². The Morgan fingerprint density at radius 3 is 2.50 bits per heavy atom. The maximum Gasteiger partial charge on any atom is 0.338 e. The minimum Gasteiger partial charge on any atom is -0.449 e. The molecular weight excluding hydrogens is 384 g/mol. The number of carbonyl (C=O) groups is 4. The number of nitrogens with one attached hydrogen (secondary N) is 1. The lowest BCUT2D eigenvalue weighted by Crippen LogP contribution is -2.36. The lowest BCUT2D eigenvalue weighted by molar-refractivity contribution is -0.129. The van der Waals surface area contributed by atoms with Crippen LogP contribution in [0, 0.1) is 0 Å². The zero-order valence-electron chi connectivity index (χ0n) is 16.6. The fourth-order valence-corrected chi connectivity index (χ4v) is 3.11. The van der Waals surface area contributed by atoms with Gasteiger partial charge in [0.2, 0.25) is 0 Å². The van der Waals surface area contributed by atoms with Gasteiger partial charge in [0.25, 0.3) is 17.7 Å². The van der Waals surface area contributed by atoms with Crippen LogP contribution in [0.3, 0.4) is 0 Å². The smallest absolute Gasteiger partial charge is 0.338 e. The van der Waals surface area contributed by atoms with Gasteiger partial charge >= 0.3 is 5.97 Å². The van der Waals surface area contributed by atoms with Crippen molar-refractivity contribution in [2.45, 2.75) is 19.4 Å². The van der Waals surface area contributed by atoms with Gasteiger partial charge in [0, 0.05) is 13.1 Å². The zero-order valence-corrected chi connectivity index (χ0v) is 16.6. The van der Waals surface area contributed by atoms with E-state index in [1.54, 1.807) is 0 Å². The summed E-state index contributed by atoms with van der Waals surface area (Å²) in [7, 11) is 0. The number of hydrogen-bond acceptors (Lipinski definition) is 5. The fourth-order valence-electron chi connectivity index (χ4n) is 3.11. The number of hydrogen-bond donors (Lipinski definition) is 1. The topological polar surface area (TPSA) is 92.8 Å². The maximum absolute atomic E-state index is 12.4. The van der Waals surface area contributed by atoms with Crippen molar-refractivity contribution in [2.24, 2.45) is 0 Å². The van der Waals surface area contributed by atoms with Gasteiger partial charge in [-0.1, -0.05) is 36.4 Å². The van der Waals surface area contributed by atoms with Crippen molar-refractivity contribution in [1.29, 1.82) is 0 Å². The molecule has 0 saturated heterocycles. The molecule has 0 aromatic heterocycles. The summed E-state index contributed by atoms with van der Waals surface area (Å²) < 4.78 is 5.22. The summed E-state index contributed by atoms with van der Waals surface area (Å²) >= 11 is 0. The summed E-state index contributed by atoms with van der Waals surface area (Å²) in [5, 5.41) is 2.73. The molecule has 3 rings (SSSR count). The Hall–Kier alpha value is -3.74. The van der Waals surface area contributed by atoms with Crippen LogP contribution >= 0.6 is 0 Å². The fraction of sp³-hybridized carbons (Fsp3) is 0.217. The predicted octanol–water partition coefficient (Wildman–Crippen LogP) is 2.37. The minimum absolute atomic E-state index is 0.0896. The van der Waals surface area contributed by atoms with Gasteiger partial charge in [-0.05, 0) is 37.1 Å². The second kappa shape index (κ2) is 9.17. The first-order chi connectivity index (χ1) is 14.4. The number of imide groups is 1. The highest BCUT2D eigenvalue weighted by molar-refractivity contribution is 6.22. The molecule has 0 saturated carbocycles. The van der Waals surface area contributed by atoms with Crippen molar-refractivity contribution in [1.82, 2.24) is 10.2 Å². The SMILES string of the molecule is C=CCN1C(=O)c2ccc(C(=O)O[C@@H](C)C(=O)NCCc3ccccc3)cc2C1=O. The van der Waals surface area contributed by atoms with E-state index in [1.165, 1.54) is 31.2 Å². The number of rotatable bonds is 8. The molecule has 7 nitrogen and oxygen atoms in total. The molecule has 0 unspecified atom stereocenters. The molecule has 1 atom stereocenters. The monoisotopic (exact) mass is 406 g/mol. The normalized spacial score (nSPS) is 13.6. The Balaban J connectivity index is 1.58. The van der Waals surface area contributed by atoms with Crippen molar-refractivity contribution >= 4 is 23.7 Å². The second-order valence-corrected chi connectivity index (χ2v) is 6.84. The molecule has 0 bridgehead atoms. The second-order valence-electron chi connectivity index (χ2n) is 6.84. The van der Waals surface area contributed by atoms with Crippen LogP contribution in [-0.2, 0) is 16.0 Å². The number of fused-ring (bicyclic) bond motifs is 1. The molecule has 30 heavy (non-hydrogen) atoms. The molecule has 154 valence electrons. The van der Waals surface area contributed by atoms with Crippen LogP contribution < -0.4 is 5.32 Å². The first kappa shape index (κ1) is 21.0. The Morgan fingerprint density at radius 2 is 1.80 bits per heavy atom. The Labute approximate surface area is 174 Å². The third-order valence-electron chi connectivity index (χ3n) is 4.73. The highest BCUT2D eigenvalue weighted by Crippen LogP contribution is 2.24. The summed E-state index contributed by atoms with van der Waals surface area (Å²) in [4.78, 5) is 50.3. The van der Waals surface area contributed by atoms with Crippen molar-refractivity contribution in [3.05, 3.63) is 83.4 Å². The van der Waals surface area contributed by atoms with Crippen LogP contribution in [0.5, 0.6) is 0 Å². The number of nitrogens with zero attached hydrogens (tertiary/aromatic N) is 1. The highest BCUT2D eigenvalue weighted by Gasteiger charge is 2.35. The molecule has 2 aromatic carbocycles. The van der Waals surface area contributed by atoms with Crippen LogP contribution in [0.1, 0.15) is 43.6 Å². The van der Waals surface area contributed by atoms with Crippen molar-refractivity contribution in [3.8, 4) is 0 Å². The third-order valence-corrected chi connectivity index (χ3v) is 4.73. The lowest BCUT2D eigenvalue weighted by Gasteiger charge is -2.14. The van der Waals surface area contributed by atoms with E-state index < -0.39 is 29.8 Å². The van der Waals surface area contributed by atoms with E-state index >= 15 is 0 Å². The lowest BCUT2D eigenvalue weighted by atomic mass is 10.1. The number of amides is 3. The van der Waals surface area contributed by atoms with Gasteiger partial charge in [-0.25, -0.2) is 4.79 Å². The van der Waals surface area contributed by atoms with Crippen molar-refractivity contribution in [3.63, 3.8) is 0 Å². The highest BCUT2D eigenvalue weighted by atomic mass is 16.5. The van der Waals surface area contributed by atoms with Crippen LogP contribution in [0.25, 0.3) is 0 Å². The Morgan fingerprint density at radius 1 is 1.10 bits per heavy atom. The number of benzene rings is 2. The minimum atomic E-state index is -1.00. The van der Waals surface area contributed by atoms with Gasteiger partial charge < -0.3 is 10.1 Å². The average Bonchev–Trinajstić information content (AvgIpc) is 2.99. The molecule has 2 aromatic rings. The van der Waals surface area contributed by atoms with Gasteiger partial charge in [0.1, 0.15) is 0 Å². The predicted molar refractivity (Wildman–Crippen MR) is 110 cm³/mol. The number of ether oxygens (including phenoxy) is 1. The molecule has 1 heterocycles. The maximum atomic E-state index is 12.4. The Bertz CT molecular complexity index is 1000. The van der Waals surface area contributed by atoms with Gasteiger partial charge in [-0.2, -0.15) is 0 Å². The molecule has 0 fully saturated rings. The van der Waals surface area contributed by atoms with E-state index in [9.17, 15) is 19.2 Å². The van der Waals surface area contributed by atoms with E-state index in [0.29, 0.717) is 13.0 Å². The zero-order chi connectivity index (χ0) is 21.7. The Kier molecular flexibility index (Phi) is 6.41. The van der Waals surface area contributed by atoms with Crippen LogP contribution in [0.4, 0.5) is 0 Å². The van der Waals surface area contributed by atoms with Crippen LogP contribution in [0.15, 0.2) is 61.2 Å². The van der Waals surface area contributed by atoms with E-state index in [4.69, 9.17) is 4.74 Å². The summed E-state index contributed by atoms with van der Waals surface area (Å²) in [6.45, 7) is 5.51. The molecular formula is C23H22N2O5. The molecule has 1 aliphatic heterocycles. The molecule has 0 spiro atoms. The molecule has 0 aliphatic carbocycles. The molecule has 3 amide bonds. The number of esters is 1. The quantitative estimate of drug-likeness (QED) is 0.413. The average molecular weight is 406 g/mol. The van der Waals surface area contributed by atoms with E-state index in [0.717, 1.165) is 10.5 Å². The summed E-state index contributed by atoms with van der Waals surface area (Å²) in [5.74, 6) is -2.08. The third kappa shape index (κ3) is 4.46. The molecule has 1 aliphatic rings. The van der Waals surface area contributed by atoms with Crippen molar-refractivity contribution in [2.75, 3.05) is 13.1 Å². The van der Waals surface area contributed by atoms with E-state index in [2.05, 4.69) is 11.9 Å². The first-order valence-corrected chi connectivity index (χ1v) is 9.56. The molecule has 7 heteroatoms. The summed E-state index contributed by atoms with van der Waals surface area (Å²) in [6.07, 6.45) is 1.11. The van der Waals surface area contributed by atoms with E-state index in [1.807, 2.05) is 30.3 Å². The molecule has 1 N–H and O–H groups in total. The van der Waals surface area contributed by atoms with Gasteiger partial charge in [0.05, 0.1) is 16.7 Å². The van der Waals surface area contributed by atoms with Crippen LogP contribution in [0.2, 0.25) is 0 Å². The molecule has 0 radical (unpaired) electrons. The summed E-state index contributed by atoms with van der Waals surface area (Å²) in [6, 6.07) is 13.8. The first-order valence-electron chi connectivity index (χ1n) is 9.56. The summed E-state index contributed by atoms with van der Waals surface area (Å²) in [5.41, 5.74) is 1.55. The largest absolute Gasteiger partial charge is 0.449 e. The van der Waals surface area contributed by atoms with Crippen molar-refractivity contribution < 1.29 is 23.9 Å². The van der Waals surface area contributed by atoms with Gasteiger partial charge in [0.15, 0.2) is 6.10 Å². The standard InChI is InChI=1S/C23H22N2O5/c1-3-13-25-21(27)18-10-9-17(14-19(18)22(25)28)23(29)30-15(2)20(26)24-12-11-16-7-5-4-6-8-16/h3-10,14-15H,1,11-13H2,2H3,(H,24,26)/t15-/m0/s1. The van der Waals surface area contributed by atoms with Gasteiger partial charge in [-0.3, -0.25) is 19.3 Å². The van der Waals surface area contributed by atoms with Crippen LogP contribution in [-0.4, -0.2) is 47.8 Å². The van der Waals surface area contributed by atoms with Gasteiger partial charge in [-0.15, -0.1) is 6.58 Å². The number of carbonyl (C=O) groups excluding carboxylic acids is 4.